The summed E-state index contributed by atoms with van der Waals surface area (Å²) in [6.07, 6.45) is 0. The molecule has 142 valence electrons. The Bertz CT molecular complexity index is 812. The zero-order valence-electron chi connectivity index (χ0n) is 15.6. The minimum absolute atomic E-state index is 0.0982. The summed E-state index contributed by atoms with van der Waals surface area (Å²) in [6, 6.07) is 15.4. The molecule has 2 aromatic rings. The highest BCUT2D eigenvalue weighted by Crippen LogP contribution is 2.21. The van der Waals surface area contributed by atoms with E-state index in [0.717, 1.165) is 35.6 Å². The lowest BCUT2D eigenvalue weighted by atomic mass is 10.1. The first-order valence-electron chi connectivity index (χ1n) is 9.10. The van der Waals surface area contributed by atoms with Gasteiger partial charge in [0.15, 0.2) is 0 Å². The van der Waals surface area contributed by atoms with Crippen molar-refractivity contribution < 1.29 is 9.59 Å². The Kier molecular flexibility index (Phi) is 6.01. The molecule has 3 rings (SSSR count). The zero-order valence-corrected chi connectivity index (χ0v) is 16.4. The van der Waals surface area contributed by atoms with Gasteiger partial charge in [0.2, 0.25) is 5.91 Å². The highest BCUT2D eigenvalue weighted by Gasteiger charge is 2.23. The van der Waals surface area contributed by atoms with Crippen molar-refractivity contribution in [1.29, 1.82) is 0 Å². The largest absolute Gasteiger partial charge is 0.368 e. The molecule has 27 heavy (non-hydrogen) atoms. The third-order valence-corrected chi connectivity index (χ3v) is 5.00. The molecule has 0 saturated carbocycles. The van der Waals surface area contributed by atoms with Gasteiger partial charge < -0.3 is 15.1 Å². The van der Waals surface area contributed by atoms with Gasteiger partial charge in [-0.25, -0.2) is 0 Å². The molecule has 1 atom stereocenters. The Morgan fingerprint density at radius 3 is 2.22 bits per heavy atom. The van der Waals surface area contributed by atoms with Crippen molar-refractivity contribution in [3.8, 4) is 0 Å². The number of anilines is 2. The maximum atomic E-state index is 12.7. The van der Waals surface area contributed by atoms with Crippen LogP contribution >= 0.6 is 11.6 Å². The van der Waals surface area contributed by atoms with Gasteiger partial charge in [-0.2, -0.15) is 0 Å². The third kappa shape index (κ3) is 4.61. The van der Waals surface area contributed by atoms with E-state index in [1.165, 1.54) is 0 Å². The van der Waals surface area contributed by atoms with Gasteiger partial charge in [-0.3, -0.25) is 9.59 Å². The van der Waals surface area contributed by atoms with Crippen LogP contribution in [0.4, 0.5) is 11.4 Å². The number of benzene rings is 2. The van der Waals surface area contributed by atoms with E-state index in [1.807, 2.05) is 60.4 Å². The fourth-order valence-corrected chi connectivity index (χ4v) is 3.20. The Morgan fingerprint density at radius 2 is 1.63 bits per heavy atom. The number of hydrogen-bond acceptors (Lipinski definition) is 3. The first kappa shape index (κ1) is 19.2. The maximum Gasteiger partial charge on any atom is 0.254 e. The number of nitrogens with one attached hydrogen (secondary N) is 1. The second-order valence-electron chi connectivity index (χ2n) is 6.75. The summed E-state index contributed by atoms with van der Waals surface area (Å²) in [7, 11) is 0. The number of rotatable bonds is 4. The lowest BCUT2D eigenvalue weighted by Crippen LogP contribution is -2.48. The van der Waals surface area contributed by atoms with Crippen LogP contribution in [0.2, 0.25) is 0 Å². The summed E-state index contributed by atoms with van der Waals surface area (Å²) >= 11 is 5.77. The minimum atomic E-state index is -0.566. The molecule has 1 N–H and O–H groups in total. The molecule has 1 aliphatic heterocycles. The molecule has 2 aromatic carbocycles. The highest BCUT2D eigenvalue weighted by atomic mass is 35.5. The van der Waals surface area contributed by atoms with Crippen LogP contribution < -0.4 is 10.2 Å². The fourth-order valence-electron chi connectivity index (χ4n) is 3.15. The fraction of sp³-hybridized carbons (Fsp3) is 0.333. The predicted octanol–water partition coefficient (Wildman–Crippen LogP) is 3.52. The van der Waals surface area contributed by atoms with Gasteiger partial charge in [0.1, 0.15) is 5.38 Å². The van der Waals surface area contributed by atoms with E-state index in [1.54, 1.807) is 6.92 Å². The summed E-state index contributed by atoms with van der Waals surface area (Å²) in [5.41, 5.74) is 3.59. The van der Waals surface area contributed by atoms with Crippen molar-refractivity contribution >= 4 is 34.8 Å². The molecule has 1 saturated heterocycles. The predicted molar refractivity (Wildman–Crippen MR) is 110 cm³/mol. The maximum absolute atomic E-state index is 12.7. The zero-order chi connectivity index (χ0) is 19.4. The standard InChI is InChI=1S/C21H24ClN3O2/c1-15-5-3-4-6-19(15)21(27)25-13-11-24(12-14-25)18-9-7-17(8-10-18)23-20(26)16(2)22/h3-10,16H,11-14H2,1-2H3,(H,23,26)/t16-/m1/s1. The quantitative estimate of drug-likeness (QED) is 0.819. The molecular formula is C21H24ClN3O2. The van der Waals surface area contributed by atoms with Crippen LogP contribution in [0.25, 0.3) is 0 Å². The average molecular weight is 386 g/mol. The second kappa shape index (κ2) is 8.44. The molecule has 5 nitrogen and oxygen atoms in total. The summed E-state index contributed by atoms with van der Waals surface area (Å²) in [4.78, 5) is 28.5. The van der Waals surface area contributed by atoms with Crippen molar-refractivity contribution in [3.05, 3.63) is 59.7 Å². The molecule has 0 bridgehead atoms. The van der Waals surface area contributed by atoms with Gasteiger partial charge in [-0.05, 0) is 49.7 Å². The summed E-state index contributed by atoms with van der Waals surface area (Å²) in [5.74, 6) is -0.117. The van der Waals surface area contributed by atoms with Crippen LogP contribution in [0.3, 0.4) is 0 Å². The third-order valence-electron chi connectivity index (χ3n) is 4.80. The minimum Gasteiger partial charge on any atom is -0.368 e. The molecule has 0 radical (unpaired) electrons. The molecular weight excluding hydrogens is 362 g/mol. The number of amides is 2. The van der Waals surface area contributed by atoms with Crippen molar-refractivity contribution in [2.75, 3.05) is 36.4 Å². The summed E-state index contributed by atoms with van der Waals surface area (Å²) < 4.78 is 0. The number of alkyl halides is 1. The number of hydrogen-bond donors (Lipinski definition) is 1. The number of piperazine rings is 1. The first-order chi connectivity index (χ1) is 13.0. The Hall–Kier alpha value is -2.53. The lowest BCUT2D eigenvalue weighted by molar-refractivity contribution is -0.115. The van der Waals surface area contributed by atoms with E-state index in [0.29, 0.717) is 13.1 Å². The van der Waals surface area contributed by atoms with Crippen LogP contribution in [0.15, 0.2) is 48.5 Å². The second-order valence-corrected chi connectivity index (χ2v) is 7.40. The molecule has 6 heteroatoms. The average Bonchev–Trinajstić information content (AvgIpc) is 2.68. The SMILES string of the molecule is Cc1ccccc1C(=O)N1CCN(c2ccc(NC(=O)[C@@H](C)Cl)cc2)CC1. The van der Waals surface area contributed by atoms with E-state index in [2.05, 4.69) is 10.2 Å². The van der Waals surface area contributed by atoms with Crippen LogP contribution in [-0.4, -0.2) is 48.3 Å². The van der Waals surface area contributed by atoms with E-state index < -0.39 is 5.38 Å². The monoisotopic (exact) mass is 385 g/mol. The molecule has 1 heterocycles. The van der Waals surface area contributed by atoms with Crippen LogP contribution in [0.5, 0.6) is 0 Å². The number of carbonyl (C=O) groups excluding carboxylic acids is 2. The molecule has 0 unspecified atom stereocenters. The van der Waals surface area contributed by atoms with E-state index >= 15 is 0 Å². The van der Waals surface area contributed by atoms with Crippen LogP contribution in [-0.2, 0) is 4.79 Å². The van der Waals surface area contributed by atoms with Gasteiger partial charge in [0.25, 0.3) is 5.91 Å². The van der Waals surface area contributed by atoms with E-state index in [9.17, 15) is 9.59 Å². The van der Waals surface area contributed by atoms with Crippen molar-refractivity contribution in [2.24, 2.45) is 0 Å². The van der Waals surface area contributed by atoms with E-state index in [4.69, 9.17) is 11.6 Å². The van der Waals surface area contributed by atoms with Crippen molar-refractivity contribution in [1.82, 2.24) is 4.90 Å². The molecule has 0 aromatic heterocycles. The van der Waals surface area contributed by atoms with Crippen molar-refractivity contribution in [3.63, 3.8) is 0 Å². The van der Waals surface area contributed by atoms with Gasteiger partial charge in [0, 0.05) is 43.1 Å². The van der Waals surface area contributed by atoms with E-state index in [-0.39, 0.29) is 11.8 Å². The smallest absolute Gasteiger partial charge is 0.254 e. The molecule has 2 amide bonds. The van der Waals surface area contributed by atoms with Gasteiger partial charge in [-0.15, -0.1) is 11.6 Å². The molecule has 1 fully saturated rings. The molecule has 1 aliphatic rings. The van der Waals surface area contributed by atoms with Crippen molar-refractivity contribution in [2.45, 2.75) is 19.2 Å². The normalized spacial score (nSPS) is 15.4. The molecule has 0 aliphatic carbocycles. The molecule has 0 spiro atoms. The highest BCUT2D eigenvalue weighted by molar-refractivity contribution is 6.32. The Labute approximate surface area is 164 Å². The number of aryl methyl sites for hydroxylation is 1. The first-order valence-corrected chi connectivity index (χ1v) is 9.54. The van der Waals surface area contributed by atoms with Crippen LogP contribution in [0, 0.1) is 6.92 Å². The van der Waals surface area contributed by atoms with Crippen LogP contribution in [0.1, 0.15) is 22.8 Å². The number of carbonyl (C=O) groups is 2. The topological polar surface area (TPSA) is 52.7 Å². The van der Waals surface area contributed by atoms with Gasteiger partial charge in [-0.1, -0.05) is 18.2 Å². The lowest BCUT2D eigenvalue weighted by Gasteiger charge is -2.36. The van der Waals surface area contributed by atoms with Gasteiger partial charge in [0.05, 0.1) is 0 Å². The Balaban J connectivity index is 1.58. The number of halogens is 1. The van der Waals surface area contributed by atoms with Gasteiger partial charge >= 0.3 is 0 Å². The number of nitrogens with zero attached hydrogens (tertiary/aromatic N) is 2. The Morgan fingerprint density at radius 1 is 1.00 bits per heavy atom. The summed E-state index contributed by atoms with van der Waals surface area (Å²) in [6.45, 7) is 6.55. The summed E-state index contributed by atoms with van der Waals surface area (Å²) in [5, 5.41) is 2.21.